The zero-order chi connectivity index (χ0) is 22.9. The Morgan fingerprint density at radius 3 is 2.62 bits per heavy atom. The van der Waals surface area contributed by atoms with Gasteiger partial charge in [-0.15, -0.1) is 16.8 Å². The molecule has 0 unspecified atom stereocenters. The number of allylic oxidation sites excluding steroid dienone is 1. The fraction of sp³-hybridized carbons (Fsp3) is 0.320. The van der Waals surface area contributed by atoms with Gasteiger partial charge < -0.3 is 14.6 Å². The van der Waals surface area contributed by atoms with E-state index in [9.17, 15) is 4.79 Å². The molecule has 1 heterocycles. The van der Waals surface area contributed by atoms with Crippen LogP contribution in [0.2, 0.25) is 0 Å². The summed E-state index contributed by atoms with van der Waals surface area (Å²) in [5.74, 6) is 1.97. The van der Waals surface area contributed by atoms with Crippen molar-refractivity contribution in [2.75, 3.05) is 17.7 Å². The highest BCUT2D eigenvalue weighted by Crippen LogP contribution is 2.20. The van der Waals surface area contributed by atoms with E-state index in [0.717, 1.165) is 51.9 Å². The van der Waals surface area contributed by atoms with Crippen molar-refractivity contribution in [2.24, 2.45) is 0 Å². The number of anilines is 1. The van der Waals surface area contributed by atoms with E-state index in [2.05, 4.69) is 28.2 Å². The maximum absolute atomic E-state index is 12.4. The molecule has 0 fully saturated rings. The van der Waals surface area contributed by atoms with Crippen LogP contribution in [0.3, 0.4) is 0 Å². The van der Waals surface area contributed by atoms with Crippen LogP contribution in [-0.2, 0) is 17.8 Å². The topological polar surface area (TPSA) is 69.0 Å². The van der Waals surface area contributed by atoms with Crippen molar-refractivity contribution in [3.63, 3.8) is 0 Å². The number of benzene rings is 2. The summed E-state index contributed by atoms with van der Waals surface area (Å²) < 4.78 is 7.89. The van der Waals surface area contributed by atoms with Crippen LogP contribution in [0, 0.1) is 20.8 Å². The van der Waals surface area contributed by atoms with Gasteiger partial charge >= 0.3 is 0 Å². The number of amides is 1. The molecular formula is C25H30N4O2S. The van der Waals surface area contributed by atoms with Crippen LogP contribution in [-0.4, -0.2) is 33.0 Å². The van der Waals surface area contributed by atoms with Crippen molar-refractivity contribution in [3.8, 4) is 5.75 Å². The lowest BCUT2D eigenvalue weighted by Gasteiger charge is -2.10. The maximum Gasteiger partial charge on any atom is 0.234 e. The van der Waals surface area contributed by atoms with Crippen LogP contribution in [0.1, 0.15) is 28.9 Å². The second-order valence-corrected chi connectivity index (χ2v) is 8.67. The zero-order valence-electron chi connectivity index (χ0n) is 18.9. The van der Waals surface area contributed by atoms with Gasteiger partial charge in [0.2, 0.25) is 5.91 Å². The van der Waals surface area contributed by atoms with Crippen LogP contribution >= 0.6 is 11.8 Å². The van der Waals surface area contributed by atoms with E-state index >= 15 is 0 Å². The Morgan fingerprint density at radius 2 is 1.91 bits per heavy atom. The third-order valence-corrected chi connectivity index (χ3v) is 5.81. The molecule has 32 heavy (non-hydrogen) atoms. The summed E-state index contributed by atoms with van der Waals surface area (Å²) in [5, 5.41) is 12.3. The molecular weight excluding hydrogens is 420 g/mol. The molecule has 0 atom stereocenters. The molecule has 0 aliphatic carbocycles. The number of aryl methyl sites for hydroxylation is 4. The Morgan fingerprint density at radius 1 is 1.16 bits per heavy atom. The van der Waals surface area contributed by atoms with Crippen LogP contribution < -0.4 is 10.1 Å². The highest BCUT2D eigenvalue weighted by molar-refractivity contribution is 7.99. The Bertz CT molecular complexity index is 1060. The van der Waals surface area contributed by atoms with Crippen LogP contribution in [0.5, 0.6) is 5.75 Å². The molecule has 0 bridgehead atoms. The summed E-state index contributed by atoms with van der Waals surface area (Å²) in [5.41, 5.74) is 4.18. The van der Waals surface area contributed by atoms with Gasteiger partial charge in [0, 0.05) is 18.7 Å². The van der Waals surface area contributed by atoms with Gasteiger partial charge in [0.15, 0.2) is 5.16 Å². The molecule has 0 aliphatic rings. The standard InChI is InChI=1S/C25H30N4O2S/c1-5-12-29-23(11-8-13-31-22-10-7-6-9-20(22)4)27-28-25(29)32-17-24(30)26-21-15-18(2)14-19(3)16-21/h5-7,9-10,14-16H,1,8,11-13,17H2,2-4H3,(H,26,30). The number of hydrogen-bond donors (Lipinski definition) is 1. The van der Waals surface area contributed by atoms with Crippen molar-refractivity contribution < 1.29 is 9.53 Å². The predicted molar refractivity (Wildman–Crippen MR) is 130 cm³/mol. The first kappa shape index (κ1) is 23.6. The Balaban J connectivity index is 1.53. The molecule has 0 saturated heterocycles. The van der Waals surface area contributed by atoms with E-state index < -0.39 is 0 Å². The number of ether oxygens (including phenoxy) is 1. The minimum Gasteiger partial charge on any atom is -0.493 e. The smallest absolute Gasteiger partial charge is 0.234 e. The molecule has 0 saturated carbocycles. The number of rotatable bonds is 11. The number of para-hydroxylation sites is 1. The lowest BCUT2D eigenvalue weighted by Crippen LogP contribution is -2.15. The minimum atomic E-state index is -0.0682. The molecule has 0 radical (unpaired) electrons. The molecule has 1 N–H and O–H groups in total. The van der Waals surface area contributed by atoms with E-state index in [1.165, 1.54) is 11.8 Å². The SMILES string of the molecule is C=CCn1c(CCCOc2ccccc2C)nnc1SCC(=O)Nc1cc(C)cc(C)c1. The van der Waals surface area contributed by atoms with Gasteiger partial charge in [-0.3, -0.25) is 4.79 Å². The van der Waals surface area contributed by atoms with Crippen LogP contribution in [0.25, 0.3) is 0 Å². The van der Waals surface area contributed by atoms with Crippen molar-refractivity contribution in [1.82, 2.24) is 14.8 Å². The van der Waals surface area contributed by atoms with Crippen molar-refractivity contribution >= 4 is 23.4 Å². The van der Waals surface area contributed by atoms with Crippen LogP contribution in [0.4, 0.5) is 5.69 Å². The molecule has 0 aliphatic heterocycles. The third-order valence-electron chi connectivity index (χ3n) is 4.84. The quantitative estimate of drug-likeness (QED) is 0.249. The average molecular weight is 451 g/mol. The molecule has 2 aromatic carbocycles. The average Bonchev–Trinajstić information content (AvgIpc) is 3.12. The molecule has 0 spiro atoms. The normalized spacial score (nSPS) is 10.7. The minimum absolute atomic E-state index is 0.0682. The monoisotopic (exact) mass is 450 g/mol. The summed E-state index contributed by atoms with van der Waals surface area (Å²) in [6.45, 7) is 11.1. The van der Waals surface area contributed by atoms with E-state index in [4.69, 9.17) is 4.74 Å². The highest BCUT2D eigenvalue weighted by Gasteiger charge is 2.14. The first-order valence-electron chi connectivity index (χ1n) is 10.7. The van der Waals surface area contributed by atoms with Crippen molar-refractivity contribution in [1.29, 1.82) is 0 Å². The number of carbonyl (C=O) groups is 1. The summed E-state index contributed by atoms with van der Waals surface area (Å²) in [7, 11) is 0. The summed E-state index contributed by atoms with van der Waals surface area (Å²) in [6.07, 6.45) is 3.37. The number of carbonyl (C=O) groups excluding carboxylic acids is 1. The molecule has 168 valence electrons. The Hall–Kier alpha value is -3.06. The maximum atomic E-state index is 12.4. The molecule has 3 rings (SSSR count). The highest BCUT2D eigenvalue weighted by atomic mass is 32.2. The first-order chi connectivity index (χ1) is 15.5. The Kier molecular flexibility index (Phi) is 8.50. The summed E-state index contributed by atoms with van der Waals surface area (Å²) in [4.78, 5) is 12.4. The first-order valence-corrected chi connectivity index (χ1v) is 11.7. The second kappa shape index (κ2) is 11.5. The van der Waals surface area contributed by atoms with Gasteiger partial charge in [-0.2, -0.15) is 0 Å². The van der Waals surface area contributed by atoms with E-state index in [1.54, 1.807) is 0 Å². The summed E-state index contributed by atoms with van der Waals surface area (Å²) in [6, 6.07) is 14.0. The zero-order valence-corrected chi connectivity index (χ0v) is 19.7. The van der Waals surface area contributed by atoms with Crippen LogP contribution in [0.15, 0.2) is 60.3 Å². The number of thioether (sulfide) groups is 1. The summed E-state index contributed by atoms with van der Waals surface area (Å²) >= 11 is 1.38. The molecule has 7 heteroatoms. The number of aromatic nitrogens is 3. The second-order valence-electron chi connectivity index (χ2n) is 7.73. The van der Waals surface area contributed by atoms with E-state index in [-0.39, 0.29) is 11.7 Å². The number of nitrogens with one attached hydrogen (secondary N) is 1. The van der Waals surface area contributed by atoms with E-state index in [0.29, 0.717) is 13.2 Å². The number of hydrogen-bond acceptors (Lipinski definition) is 5. The van der Waals surface area contributed by atoms with Crippen molar-refractivity contribution in [3.05, 3.63) is 77.6 Å². The van der Waals surface area contributed by atoms with Gasteiger partial charge in [-0.05, 0) is 62.1 Å². The van der Waals surface area contributed by atoms with Gasteiger partial charge in [0.25, 0.3) is 0 Å². The number of nitrogens with zero attached hydrogens (tertiary/aromatic N) is 3. The molecule has 6 nitrogen and oxygen atoms in total. The van der Waals surface area contributed by atoms with Crippen molar-refractivity contribution in [2.45, 2.75) is 45.3 Å². The van der Waals surface area contributed by atoms with Gasteiger partial charge in [-0.1, -0.05) is 42.1 Å². The Labute approximate surface area is 194 Å². The fourth-order valence-electron chi connectivity index (χ4n) is 3.43. The molecule has 1 aromatic heterocycles. The third kappa shape index (κ3) is 6.72. The lowest BCUT2D eigenvalue weighted by atomic mass is 10.1. The van der Waals surface area contributed by atoms with Gasteiger partial charge in [0.1, 0.15) is 11.6 Å². The van der Waals surface area contributed by atoms with E-state index in [1.807, 2.05) is 67.8 Å². The molecule has 1 amide bonds. The predicted octanol–water partition coefficient (Wildman–Crippen LogP) is 5.13. The van der Waals surface area contributed by atoms with Gasteiger partial charge in [-0.25, -0.2) is 0 Å². The molecule has 3 aromatic rings. The fourth-order valence-corrected chi connectivity index (χ4v) is 4.19. The lowest BCUT2D eigenvalue weighted by molar-refractivity contribution is -0.113. The van der Waals surface area contributed by atoms with Gasteiger partial charge in [0.05, 0.1) is 12.4 Å². The largest absolute Gasteiger partial charge is 0.493 e.